The number of carbonyl (C=O) groups is 1. The van der Waals surface area contributed by atoms with Gasteiger partial charge in [-0.1, -0.05) is 5.16 Å². The monoisotopic (exact) mass is 337 g/mol. The van der Waals surface area contributed by atoms with Crippen LogP contribution in [-0.4, -0.2) is 25.8 Å². The van der Waals surface area contributed by atoms with E-state index in [0.717, 1.165) is 11.0 Å². The summed E-state index contributed by atoms with van der Waals surface area (Å²) in [5.41, 5.74) is 1.49. The first-order valence-corrected chi connectivity index (χ1v) is 7.77. The second-order valence-electron chi connectivity index (χ2n) is 5.83. The number of amides is 1. The first kappa shape index (κ1) is 15.1. The number of nitrogens with one attached hydrogen (secondary N) is 1. The molecule has 0 saturated carbocycles. The second kappa shape index (κ2) is 5.90. The molecule has 4 rings (SSSR count). The number of pyridine rings is 1. The first-order valence-electron chi connectivity index (χ1n) is 7.77. The van der Waals surface area contributed by atoms with Crippen molar-refractivity contribution in [3.05, 3.63) is 48.6 Å². The van der Waals surface area contributed by atoms with Gasteiger partial charge in [-0.05, 0) is 32.0 Å². The predicted octanol–water partition coefficient (Wildman–Crippen LogP) is 3.51. The number of nitrogens with zero attached hydrogens (tertiary/aromatic N) is 4. The Morgan fingerprint density at radius 3 is 2.88 bits per heavy atom. The molecule has 0 fully saturated rings. The smallest absolute Gasteiger partial charge is 0.277 e. The molecule has 1 N–H and O–H groups in total. The Balaban J connectivity index is 1.55. The number of anilines is 1. The molecule has 0 aliphatic carbocycles. The van der Waals surface area contributed by atoms with Gasteiger partial charge in [0.2, 0.25) is 5.76 Å². The van der Waals surface area contributed by atoms with E-state index in [1.807, 2.05) is 24.6 Å². The zero-order valence-corrected chi connectivity index (χ0v) is 13.6. The van der Waals surface area contributed by atoms with Crippen LogP contribution in [0.25, 0.3) is 22.6 Å². The number of fused-ring (bicyclic) bond motifs is 1. The van der Waals surface area contributed by atoms with Crippen molar-refractivity contribution in [2.24, 2.45) is 0 Å². The molecule has 4 aromatic heterocycles. The standard InChI is InChI=1S/C17H15N5O3/c1-10(2)22-16-11(8-19-22)6-12(9-18-16)20-17(23)13-7-15(25-21-13)14-4-3-5-24-14/h3-10H,1-2H3,(H,20,23). The molecule has 4 aromatic rings. The van der Waals surface area contributed by atoms with Gasteiger partial charge in [-0.15, -0.1) is 0 Å². The molecule has 126 valence electrons. The van der Waals surface area contributed by atoms with Crippen molar-refractivity contribution in [1.29, 1.82) is 0 Å². The molecule has 8 nitrogen and oxygen atoms in total. The van der Waals surface area contributed by atoms with E-state index >= 15 is 0 Å². The van der Waals surface area contributed by atoms with Crippen LogP contribution in [0.4, 0.5) is 5.69 Å². The Morgan fingerprint density at radius 2 is 2.12 bits per heavy atom. The summed E-state index contributed by atoms with van der Waals surface area (Å²) in [6.45, 7) is 4.07. The lowest BCUT2D eigenvalue weighted by Gasteiger charge is -2.07. The van der Waals surface area contributed by atoms with E-state index in [0.29, 0.717) is 17.2 Å². The van der Waals surface area contributed by atoms with Gasteiger partial charge in [0.25, 0.3) is 5.91 Å². The van der Waals surface area contributed by atoms with Crippen LogP contribution in [0, 0.1) is 0 Å². The summed E-state index contributed by atoms with van der Waals surface area (Å²) in [6, 6.07) is 7.01. The van der Waals surface area contributed by atoms with Crippen LogP contribution in [0.2, 0.25) is 0 Å². The Morgan fingerprint density at radius 1 is 1.24 bits per heavy atom. The predicted molar refractivity (Wildman–Crippen MR) is 90.1 cm³/mol. The fraction of sp³-hybridized carbons (Fsp3) is 0.176. The van der Waals surface area contributed by atoms with Gasteiger partial charge in [0.15, 0.2) is 17.1 Å². The minimum absolute atomic E-state index is 0.157. The lowest BCUT2D eigenvalue weighted by Crippen LogP contribution is -2.12. The van der Waals surface area contributed by atoms with Crippen LogP contribution < -0.4 is 5.32 Å². The third-order valence-corrected chi connectivity index (χ3v) is 3.69. The average Bonchev–Trinajstić information content (AvgIpc) is 3.33. The third kappa shape index (κ3) is 2.78. The van der Waals surface area contributed by atoms with Crippen LogP contribution in [0.1, 0.15) is 30.4 Å². The third-order valence-electron chi connectivity index (χ3n) is 3.69. The first-order chi connectivity index (χ1) is 12.1. The lowest BCUT2D eigenvalue weighted by molar-refractivity contribution is 0.101. The second-order valence-corrected chi connectivity index (χ2v) is 5.83. The number of carbonyl (C=O) groups excluding carboxylic acids is 1. The molecule has 0 unspecified atom stereocenters. The summed E-state index contributed by atoms with van der Waals surface area (Å²) in [7, 11) is 0. The molecule has 4 heterocycles. The summed E-state index contributed by atoms with van der Waals surface area (Å²) in [5, 5.41) is 11.7. The number of aromatic nitrogens is 4. The summed E-state index contributed by atoms with van der Waals surface area (Å²) < 4.78 is 12.2. The Hall–Kier alpha value is -3.42. The van der Waals surface area contributed by atoms with Crippen molar-refractivity contribution in [3.8, 4) is 11.5 Å². The quantitative estimate of drug-likeness (QED) is 0.612. The molecule has 0 atom stereocenters. The maximum Gasteiger partial charge on any atom is 0.277 e. The summed E-state index contributed by atoms with van der Waals surface area (Å²) in [6.07, 6.45) is 4.84. The van der Waals surface area contributed by atoms with E-state index in [-0.39, 0.29) is 17.6 Å². The number of hydrogen-bond acceptors (Lipinski definition) is 6. The zero-order valence-electron chi connectivity index (χ0n) is 13.6. The molecule has 0 aliphatic rings. The molecular weight excluding hydrogens is 322 g/mol. The zero-order chi connectivity index (χ0) is 17.4. The van der Waals surface area contributed by atoms with Crippen molar-refractivity contribution in [1.82, 2.24) is 19.9 Å². The maximum atomic E-state index is 12.3. The Kier molecular flexibility index (Phi) is 3.57. The number of furan rings is 1. The van der Waals surface area contributed by atoms with Crippen molar-refractivity contribution in [2.75, 3.05) is 5.32 Å². The molecule has 0 aromatic carbocycles. The highest BCUT2D eigenvalue weighted by molar-refractivity contribution is 6.03. The van der Waals surface area contributed by atoms with E-state index < -0.39 is 0 Å². The number of hydrogen-bond donors (Lipinski definition) is 1. The van der Waals surface area contributed by atoms with Crippen LogP contribution in [0.3, 0.4) is 0 Å². The van der Waals surface area contributed by atoms with Crippen LogP contribution in [0.15, 0.2) is 51.9 Å². The van der Waals surface area contributed by atoms with Crippen LogP contribution >= 0.6 is 0 Å². The lowest BCUT2D eigenvalue weighted by atomic mass is 10.3. The van der Waals surface area contributed by atoms with Crippen LogP contribution in [-0.2, 0) is 0 Å². The van der Waals surface area contributed by atoms with Crippen molar-refractivity contribution in [2.45, 2.75) is 19.9 Å². The van der Waals surface area contributed by atoms with E-state index in [4.69, 9.17) is 8.94 Å². The van der Waals surface area contributed by atoms with Crippen molar-refractivity contribution in [3.63, 3.8) is 0 Å². The minimum Gasteiger partial charge on any atom is -0.461 e. The highest BCUT2D eigenvalue weighted by Gasteiger charge is 2.16. The van der Waals surface area contributed by atoms with Gasteiger partial charge in [0.1, 0.15) is 0 Å². The Labute approximate surface area is 142 Å². The molecule has 1 amide bonds. The molecule has 0 radical (unpaired) electrons. The van der Waals surface area contributed by atoms with Gasteiger partial charge >= 0.3 is 0 Å². The van der Waals surface area contributed by atoms with E-state index in [9.17, 15) is 4.79 Å². The topological polar surface area (TPSA) is 99.0 Å². The SMILES string of the molecule is CC(C)n1ncc2cc(NC(=O)c3cc(-c4ccco4)on3)cnc21. The van der Waals surface area contributed by atoms with Crippen molar-refractivity contribution < 1.29 is 13.7 Å². The molecule has 0 spiro atoms. The molecule has 8 heteroatoms. The highest BCUT2D eigenvalue weighted by atomic mass is 16.5. The molecule has 0 aliphatic heterocycles. The van der Waals surface area contributed by atoms with Crippen molar-refractivity contribution >= 4 is 22.6 Å². The average molecular weight is 337 g/mol. The minimum atomic E-state index is -0.390. The summed E-state index contributed by atoms with van der Waals surface area (Å²) in [4.78, 5) is 16.7. The van der Waals surface area contributed by atoms with Gasteiger partial charge in [-0.2, -0.15) is 5.10 Å². The van der Waals surface area contributed by atoms with E-state index in [1.54, 1.807) is 24.5 Å². The van der Waals surface area contributed by atoms with E-state index in [1.165, 1.54) is 12.3 Å². The number of rotatable bonds is 4. The van der Waals surface area contributed by atoms with Gasteiger partial charge in [0, 0.05) is 17.5 Å². The molecule has 25 heavy (non-hydrogen) atoms. The van der Waals surface area contributed by atoms with Gasteiger partial charge in [-0.25, -0.2) is 9.67 Å². The fourth-order valence-electron chi connectivity index (χ4n) is 2.50. The highest BCUT2D eigenvalue weighted by Crippen LogP contribution is 2.22. The normalized spacial score (nSPS) is 11.3. The molecular formula is C17H15N5O3. The summed E-state index contributed by atoms with van der Waals surface area (Å²) >= 11 is 0. The fourth-order valence-corrected chi connectivity index (χ4v) is 2.50. The van der Waals surface area contributed by atoms with Crippen LogP contribution in [0.5, 0.6) is 0 Å². The van der Waals surface area contributed by atoms with E-state index in [2.05, 4.69) is 20.6 Å². The van der Waals surface area contributed by atoms with Gasteiger partial charge in [0.05, 0.1) is 24.3 Å². The van der Waals surface area contributed by atoms with Gasteiger partial charge in [-0.3, -0.25) is 4.79 Å². The summed E-state index contributed by atoms with van der Waals surface area (Å²) in [5.74, 6) is 0.511. The molecule has 0 bridgehead atoms. The largest absolute Gasteiger partial charge is 0.461 e. The maximum absolute atomic E-state index is 12.3. The molecule has 0 saturated heterocycles. The van der Waals surface area contributed by atoms with Gasteiger partial charge < -0.3 is 14.3 Å². The Bertz CT molecular complexity index is 1030.